The maximum Gasteiger partial charge on any atom is 0.376 e. The molecule has 4 nitrogen and oxygen atoms in total. The minimum Gasteiger partial charge on any atom is -0.511 e. The molecule has 1 rings (SSSR count). The second-order valence-corrected chi connectivity index (χ2v) is 2.99. The van der Waals surface area contributed by atoms with E-state index in [0.29, 0.717) is 6.26 Å². The van der Waals surface area contributed by atoms with Gasteiger partial charge in [0.05, 0.1) is 6.61 Å². The summed E-state index contributed by atoms with van der Waals surface area (Å²) in [5, 5.41) is 8.81. The summed E-state index contributed by atoms with van der Waals surface area (Å²) in [6, 6.07) is 9.34. The van der Waals surface area contributed by atoms with Gasteiger partial charge in [-0.2, -0.15) is 0 Å². The molecule has 0 saturated carbocycles. The Labute approximate surface area is 94.1 Å². The van der Waals surface area contributed by atoms with Crippen molar-refractivity contribution >= 4 is 5.97 Å². The first kappa shape index (κ1) is 12.1. The Morgan fingerprint density at radius 2 is 2.00 bits per heavy atom. The minimum atomic E-state index is -0.666. The van der Waals surface area contributed by atoms with Crippen molar-refractivity contribution in [2.75, 3.05) is 6.61 Å². The van der Waals surface area contributed by atoms with E-state index in [9.17, 15) is 4.79 Å². The zero-order chi connectivity index (χ0) is 11.8. The van der Waals surface area contributed by atoms with Gasteiger partial charge in [-0.25, -0.2) is 4.79 Å². The summed E-state index contributed by atoms with van der Waals surface area (Å²) in [4.78, 5) is 11.2. The summed E-state index contributed by atoms with van der Waals surface area (Å²) >= 11 is 0. The van der Waals surface area contributed by atoms with Gasteiger partial charge in [0, 0.05) is 0 Å². The van der Waals surface area contributed by atoms with Crippen LogP contribution in [0.15, 0.2) is 42.4 Å². The van der Waals surface area contributed by atoms with Gasteiger partial charge in [-0.3, -0.25) is 0 Å². The fourth-order valence-corrected chi connectivity index (χ4v) is 1.09. The number of carbonyl (C=O) groups is 1. The molecule has 4 heteroatoms. The zero-order valence-electron chi connectivity index (χ0n) is 9.05. The lowest BCUT2D eigenvalue weighted by molar-refractivity contribution is -0.143. The van der Waals surface area contributed by atoms with Gasteiger partial charge in [0.15, 0.2) is 0 Å². The van der Waals surface area contributed by atoms with Gasteiger partial charge in [-0.1, -0.05) is 30.3 Å². The standard InChI is InChI=1S/C12H14O4/c1-2-15-12(14)11(8-13)16-9-10-6-4-3-5-7-10/h3-8,13H,2,9H2,1H3/b11-8-. The van der Waals surface area contributed by atoms with Crippen LogP contribution in [0, 0.1) is 0 Å². The maximum atomic E-state index is 11.2. The molecule has 0 bridgehead atoms. The number of aliphatic hydroxyl groups is 1. The lowest BCUT2D eigenvalue weighted by Crippen LogP contribution is -2.10. The summed E-state index contributed by atoms with van der Waals surface area (Å²) in [6.45, 7) is 2.14. The fraction of sp³-hybridized carbons (Fsp3) is 0.250. The number of hydrogen-bond donors (Lipinski definition) is 1. The SMILES string of the molecule is CCOC(=O)/C(=C/O)OCc1ccccc1. The second kappa shape index (κ2) is 6.50. The van der Waals surface area contributed by atoms with E-state index in [2.05, 4.69) is 0 Å². The Balaban J connectivity index is 2.50. The molecule has 0 aliphatic carbocycles. The monoisotopic (exact) mass is 222 g/mol. The summed E-state index contributed by atoms with van der Waals surface area (Å²) in [5.74, 6) is -0.855. The van der Waals surface area contributed by atoms with Crippen LogP contribution < -0.4 is 0 Å². The molecule has 1 aromatic carbocycles. The normalized spacial score (nSPS) is 10.9. The van der Waals surface area contributed by atoms with Crippen molar-refractivity contribution in [3.8, 4) is 0 Å². The number of rotatable bonds is 5. The number of benzene rings is 1. The van der Waals surface area contributed by atoms with E-state index in [-0.39, 0.29) is 19.0 Å². The maximum absolute atomic E-state index is 11.2. The van der Waals surface area contributed by atoms with Crippen molar-refractivity contribution in [1.29, 1.82) is 0 Å². The van der Waals surface area contributed by atoms with Crippen molar-refractivity contribution in [2.24, 2.45) is 0 Å². The molecular weight excluding hydrogens is 208 g/mol. The van der Waals surface area contributed by atoms with E-state index in [1.54, 1.807) is 6.92 Å². The van der Waals surface area contributed by atoms with Gasteiger partial charge in [0.2, 0.25) is 5.76 Å². The predicted octanol–water partition coefficient (Wildman–Crippen LogP) is 2.17. The molecule has 0 aromatic heterocycles. The number of hydrogen-bond acceptors (Lipinski definition) is 4. The van der Waals surface area contributed by atoms with Gasteiger partial charge in [0.25, 0.3) is 0 Å². The summed E-state index contributed by atoms with van der Waals surface area (Å²) in [5.41, 5.74) is 0.908. The van der Waals surface area contributed by atoms with Crippen LogP contribution in [-0.2, 0) is 20.9 Å². The predicted molar refractivity (Wildman–Crippen MR) is 58.6 cm³/mol. The van der Waals surface area contributed by atoms with Gasteiger partial charge < -0.3 is 14.6 Å². The van der Waals surface area contributed by atoms with Crippen LogP contribution in [0.25, 0.3) is 0 Å². The molecule has 0 amide bonds. The van der Waals surface area contributed by atoms with Crippen LogP contribution in [0.1, 0.15) is 12.5 Å². The number of carbonyl (C=O) groups excluding carboxylic acids is 1. The smallest absolute Gasteiger partial charge is 0.376 e. The van der Waals surface area contributed by atoms with E-state index in [0.717, 1.165) is 5.56 Å². The molecule has 0 saturated heterocycles. The molecule has 0 aliphatic heterocycles. The quantitative estimate of drug-likeness (QED) is 0.471. The van der Waals surface area contributed by atoms with E-state index in [1.165, 1.54) is 0 Å². The molecule has 1 aromatic rings. The van der Waals surface area contributed by atoms with E-state index >= 15 is 0 Å². The van der Waals surface area contributed by atoms with Crippen LogP contribution in [0.2, 0.25) is 0 Å². The molecule has 86 valence electrons. The third-order valence-electron chi connectivity index (χ3n) is 1.83. The van der Waals surface area contributed by atoms with Gasteiger partial charge >= 0.3 is 5.97 Å². The first-order valence-electron chi connectivity index (χ1n) is 4.96. The minimum absolute atomic E-state index is 0.189. The zero-order valence-corrected chi connectivity index (χ0v) is 9.05. The number of aliphatic hydroxyl groups excluding tert-OH is 1. The largest absolute Gasteiger partial charge is 0.511 e. The summed E-state index contributed by atoms with van der Waals surface area (Å²) < 4.78 is 9.82. The van der Waals surface area contributed by atoms with Crippen molar-refractivity contribution < 1.29 is 19.4 Å². The second-order valence-electron chi connectivity index (χ2n) is 2.99. The molecule has 0 radical (unpaired) electrons. The molecule has 0 spiro atoms. The topological polar surface area (TPSA) is 55.8 Å². The first-order chi connectivity index (χ1) is 7.77. The van der Waals surface area contributed by atoms with Crippen molar-refractivity contribution in [3.63, 3.8) is 0 Å². The highest BCUT2D eigenvalue weighted by molar-refractivity contribution is 5.85. The van der Waals surface area contributed by atoms with Gasteiger partial charge in [-0.05, 0) is 12.5 Å². The molecule has 0 atom stereocenters. The fourth-order valence-electron chi connectivity index (χ4n) is 1.09. The third kappa shape index (κ3) is 3.65. The van der Waals surface area contributed by atoms with Crippen molar-refractivity contribution in [3.05, 3.63) is 47.9 Å². The van der Waals surface area contributed by atoms with E-state index in [4.69, 9.17) is 14.6 Å². The molecule has 0 aliphatic rings. The molecule has 0 unspecified atom stereocenters. The number of esters is 1. The first-order valence-corrected chi connectivity index (χ1v) is 4.96. The van der Waals surface area contributed by atoms with Crippen LogP contribution >= 0.6 is 0 Å². The van der Waals surface area contributed by atoms with Crippen molar-refractivity contribution in [1.82, 2.24) is 0 Å². The van der Waals surface area contributed by atoms with Crippen LogP contribution in [0.5, 0.6) is 0 Å². The Morgan fingerprint density at radius 3 is 2.56 bits per heavy atom. The highest BCUT2D eigenvalue weighted by Crippen LogP contribution is 2.06. The van der Waals surface area contributed by atoms with Gasteiger partial charge in [-0.15, -0.1) is 0 Å². The van der Waals surface area contributed by atoms with Crippen LogP contribution in [0.4, 0.5) is 0 Å². The van der Waals surface area contributed by atoms with Crippen molar-refractivity contribution in [2.45, 2.75) is 13.5 Å². The molecule has 16 heavy (non-hydrogen) atoms. The Hall–Kier alpha value is -1.97. The third-order valence-corrected chi connectivity index (χ3v) is 1.83. The highest BCUT2D eigenvalue weighted by Gasteiger charge is 2.12. The molecule has 0 heterocycles. The van der Waals surface area contributed by atoms with Crippen LogP contribution in [0.3, 0.4) is 0 Å². The molecule has 1 N–H and O–H groups in total. The highest BCUT2D eigenvalue weighted by atomic mass is 16.6. The summed E-state index contributed by atoms with van der Waals surface area (Å²) in [7, 11) is 0. The molecule has 0 fully saturated rings. The van der Waals surface area contributed by atoms with E-state index < -0.39 is 5.97 Å². The Morgan fingerprint density at radius 1 is 1.31 bits per heavy atom. The van der Waals surface area contributed by atoms with Gasteiger partial charge in [0.1, 0.15) is 12.9 Å². The molecular formula is C12H14O4. The lowest BCUT2D eigenvalue weighted by atomic mass is 10.2. The number of ether oxygens (including phenoxy) is 2. The lowest BCUT2D eigenvalue weighted by Gasteiger charge is -2.08. The van der Waals surface area contributed by atoms with Crippen LogP contribution in [-0.4, -0.2) is 17.7 Å². The average Bonchev–Trinajstić information content (AvgIpc) is 2.31. The Kier molecular flexibility index (Phi) is 4.92. The average molecular weight is 222 g/mol. The van der Waals surface area contributed by atoms with E-state index in [1.807, 2.05) is 30.3 Å². The summed E-state index contributed by atoms with van der Waals surface area (Å²) in [6.07, 6.45) is 0.612. The Bertz CT molecular complexity index is 357.